The number of amides is 1. The SMILES string of the molecule is COC(O)c1ccc(NC(=O)c2cc3ccc(-c4nccc(Nc5ccc6[nH]ncc6c5)n4)cc3[nH]2)cc1. The van der Waals surface area contributed by atoms with E-state index in [1.54, 1.807) is 48.8 Å². The molecule has 0 saturated carbocycles. The first-order chi connectivity index (χ1) is 18.6. The topological polar surface area (TPSA) is 141 Å². The van der Waals surface area contributed by atoms with Crippen molar-refractivity contribution in [3.05, 3.63) is 96.4 Å². The number of ether oxygens (including phenoxy) is 1. The van der Waals surface area contributed by atoms with Gasteiger partial charge in [-0.05, 0) is 48.5 Å². The van der Waals surface area contributed by atoms with Gasteiger partial charge in [0.25, 0.3) is 5.91 Å². The molecule has 0 fully saturated rings. The Morgan fingerprint density at radius 1 is 0.947 bits per heavy atom. The summed E-state index contributed by atoms with van der Waals surface area (Å²) in [5, 5.41) is 24.8. The van der Waals surface area contributed by atoms with Crippen molar-refractivity contribution in [2.24, 2.45) is 0 Å². The molecule has 1 amide bonds. The van der Waals surface area contributed by atoms with Gasteiger partial charge in [0.15, 0.2) is 12.1 Å². The number of H-pyrrole nitrogens is 2. The Hall–Kier alpha value is -5.06. The van der Waals surface area contributed by atoms with Crippen molar-refractivity contribution in [3.63, 3.8) is 0 Å². The Morgan fingerprint density at radius 3 is 2.63 bits per heavy atom. The van der Waals surface area contributed by atoms with E-state index in [-0.39, 0.29) is 5.91 Å². The number of methoxy groups -OCH3 is 1. The number of carbonyl (C=O) groups excluding carboxylic acids is 1. The lowest BCUT2D eigenvalue weighted by molar-refractivity contribution is -0.0769. The number of rotatable bonds is 7. The summed E-state index contributed by atoms with van der Waals surface area (Å²) in [7, 11) is 1.42. The number of fused-ring (bicyclic) bond motifs is 2. The molecule has 3 aromatic carbocycles. The van der Waals surface area contributed by atoms with Crippen LogP contribution in [0.15, 0.2) is 85.2 Å². The summed E-state index contributed by atoms with van der Waals surface area (Å²) < 4.78 is 4.89. The van der Waals surface area contributed by atoms with Crippen LogP contribution in [0.4, 0.5) is 17.2 Å². The lowest BCUT2D eigenvalue weighted by atomic mass is 10.1. The number of nitrogens with zero attached hydrogens (tertiary/aromatic N) is 3. The number of aromatic nitrogens is 5. The second kappa shape index (κ2) is 9.77. The third-order valence-corrected chi connectivity index (χ3v) is 6.17. The standard InChI is InChI=1S/C28H23N7O3/c1-38-28(37)16-4-6-20(7-5-16)32-27(36)24-13-17-2-3-18(14-23(17)33-24)26-29-11-10-25(34-26)31-21-8-9-22-19(12-21)15-30-35-22/h2-15,28,33,37H,1H3,(H,30,35)(H,32,36)(H,29,31,34). The van der Waals surface area contributed by atoms with Gasteiger partial charge in [-0.3, -0.25) is 9.89 Å². The second-order valence-corrected chi connectivity index (χ2v) is 8.71. The summed E-state index contributed by atoms with van der Waals surface area (Å²) in [5.41, 5.74) is 5.08. The summed E-state index contributed by atoms with van der Waals surface area (Å²) in [6.45, 7) is 0. The van der Waals surface area contributed by atoms with Crippen LogP contribution in [0.2, 0.25) is 0 Å². The Bertz CT molecular complexity index is 1760. The van der Waals surface area contributed by atoms with Crippen LogP contribution < -0.4 is 10.6 Å². The van der Waals surface area contributed by atoms with E-state index in [2.05, 4.69) is 35.8 Å². The number of carbonyl (C=O) groups is 1. The molecule has 3 aromatic heterocycles. The third-order valence-electron chi connectivity index (χ3n) is 6.17. The highest BCUT2D eigenvalue weighted by molar-refractivity contribution is 6.06. The molecule has 5 N–H and O–H groups in total. The largest absolute Gasteiger partial charge is 0.364 e. The number of hydrogen-bond donors (Lipinski definition) is 5. The summed E-state index contributed by atoms with van der Waals surface area (Å²) in [4.78, 5) is 25.1. The van der Waals surface area contributed by atoms with Gasteiger partial charge in [0, 0.05) is 52.1 Å². The first-order valence-corrected chi connectivity index (χ1v) is 11.8. The van der Waals surface area contributed by atoms with Crippen molar-refractivity contribution in [3.8, 4) is 11.4 Å². The molecule has 0 aliphatic rings. The van der Waals surface area contributed by atoms with Crippen LogP contribution in [0.1, 0.15) is 22.3 Å². The molecule has 38 heavy (non-hydrogen) atoms. The summed E-state index contributed by atoms with van der Waals surface area (Å²) >= 11 is 0. The van der Waals surface area contributed by atoms with E-state index in [0.29, 0.717) is 28.6 Å². The number of hydrogen-bond acceptors (Lipinski definition) is 7. The predicted molar refractivity (Wildman–Crippen MR) is 145 cm³/mol. The van der Waals surface area contributed by atoms with Gasteiger partial charge in [-0.2, -0.15) is 5.10 Å². The van der Waals surface area contributed by atoms with Crippen LogP contribution in [-0.2, 0) is 4.74 Å². The zero-order valence-electron chi connectivity index (χ0n) is 20.3. The van der Waals surface area contributed by atoms with Crippen LogP contribution >= 0.6 is 0 Å². The highest BCUT2D eigenvalue weighted by atomic mass is 16.6. The zero-order valence-corrected chi connectivity index (χ0v) is 20.3. The fraction of sp³-hybridized carbons (Fsp3) is 0.0714. The molecule has 10 nitrogen and oxygen atoms in total. The van der Waals surface area contributed by atoms with Gasteiger partial charge in [-0.15, -0.1) is 0 Å². The predicted octanol–water partition coefficient (Wildman–Crippen LogP) is 5.13. The normalized spacial score (nSPS) is 12.1. The molecule has 0 radical (unpaired) electrons. The van der Waals surface area contributed by atoms with E-state index in [1.807, 2.05) is 36.4 Å². The number of nitrogens with one attached hydrogen (secondary N) is 4. The smallest absolute Gasteiger partial charge is 0.272 e. The van der Waals surface area contributed by atoms with E-state index < -0.39 is 6.29 Å². The highest BCUT2D eigenvalue weighted by Gasteiger charge is 2.13. The maximum absolute atomic E-state index is 12.8. The van der Waals surface area contributed by atoms with E-state index >= 15 is 0 Å². The molecule has 188 valence electrons. The van der Waals surface area contributed by atoms with Crippen molar-refractivity contribution in [1.82, 2.24) is 25.1 Å². The lowest BCUT2D eigenvalue weighted by Gasteiger charge is -2.09. The van der Waals surface area contributed by atoms with Crippen molar-refractivity contribution in [2.45, 2.75) is 6.29 Å². The second-order valence-electron chi connectivity index (χ2n) is 8.71. The summed E-state index contributed by atoms with van der Waals surface area (Å²) in [6, 6.07) is 22.1. The molecule has 1 atom stereocenters. The van der Waals surface area contributed by atoms with Crippen LogP contribution in [0.25, 0.3) is 33.2 Å². The number of benzene rings is 3. The molecule has 6 rings (SSSR count). The monoisotopic (exact) mass is 505 g/mol. The number of aliphatic hydroxyl groups is 1. The molecule has 0 aliphatic heterocycles. The summed E-state index contributed by atoms with van der Waals surface area (Å²) in [6.07, 6.45) is 2.47. The van der Waals surface area contributed by atoms with Crippen LogP contribution in [0, 0.1) is 0 Å². The maximum Gasteiger partial charge on any atom is 0.272 e. The van der Waals surface area contributed by atoms with E-state index in [1.165, 1.54) is 7.11 Å². The van der Waals surface area contributed by atoms with Crippen LogP contribution in [0.3, 0.4) is 0 Å². The third kappa shape index (κ3) is 4.69. The van der Waals surface area contributed by atoms with E-state index in [9.17, 15) is 9.90 Å². The Morgan fingerprint density at radius 2 is 1.79 bits per heavy atom. The van der Waals surface area contributed by atoms with E-state index in [4.69, 9.17) is 4.74 Å². The highest BCUT2D eigenvalue weighted by Crippen LogP contribution is 2.25. The molecule has 0 aliphatic carbocycles. The molecule has 10 heteroatoms. The first-order valence-electron chi connectivity index (χ1n) is 11.8. The Balaban J connectivity index is 1.20. The van der Waals surface area contributed by atoms with Crippen LogP contribution in [-0.4, -0.2) is 43.3 Å². The molecule has 6 aromatic rings. The quantitative estimate of drug-likeness (QED) is 0.189. The molecule has 1 unspecified atom stereocenters. The Kier molecular flexibility index (Phi) is 6.00. The number of aromatic amines is 2. The zero-order chi connectivity index (χ0) is 26.1. The average Bonchev–Trinajstić information content (AvgIpc) is 3.59. The van der Waals surface area contributed by atoms with Gasteiger partial charge >= 0.3 is 0 Å². The summed E-state index contributed by atoms with van der Waals surface area (Å²) in [5.74, 6) is 0.939. The molecule has 0 spiro atoms. The van der Waals surface area contributed by atoms with Gasteiger partial charge in [0.1, 0.15) is 11.5 Å². The maximum atomic E-state index is 12.8. The number of anilines is 3. The first kappa shape index (κ1) is 23.3. The van der Waals surface area contributed by atoms with Gasteiger partial charge < -0.3 is 25.5 Å². The van der Waals surface area contributed by atoms with Gasteiger partial charge in [-0.25, -0.2) is 9.97 Å². The minimum absolute atomic E-state index is 0.278. The van der Waals surface area contributed by atoms with Crippen molar-refractivity contribution >= 4 is 44.9 Å². The van der Waals surface area contributed by atoms with Gasteiger partial charge in [-0.1, -0.05) is 24.3 Å². The molecular formula is C28H23N7O3. The minimum atomic E-state index is -1.00. The van der Waals surface area contributed by atoms with Crippen LogP contribution in [0.5, 0.6) is 0 Å². The van der Waals surface area contributed by atoms with Crippen molar-refractivity contribution in [2.75, 3.05) is 17.7 Å². The molecular weight excluding hydrogens is 482 g/mol. The van der Waals surface area contributed by atoms with E-state index in [0.717, 1.165) is 33.1 Å². The minimum Gasteiger partial charge on any atom is -0.364 e. The molecule has 0 saturated heterocycles. The lowest BCUT2D eigenvalue weighted by Crippen LogP contribution is -2.12. The fourth-order valence-corrected chi connectivity index (χ4v) is 4.19. The average molecular weight is 506 g/mol. The number of aliphatic hydroxyl groups excluding tert-OH is 1. The van der Waals surface area contributed by atoms with Gasteiger partial charge in [0.2, 0.25) is 0 Å². The Labute approximate surface area is 216 Å². The van der Waals surface area contributed by atoms with Crippen molar-refractivity contribution < 1.29 is 14.6 Å². The van der Waals surface area contributed by atoms with Gasteiger partial charge in [0.05, 0.1) is 11.7 Å². The van der Waals surface area contributed by atoms with Crippen molar-refractivity contribution in [1.29, 1.82) is 0 Å². The molecule has 3 heterocycles. The fourth-order valence-electron chi connectivity index (χ4n) is 4.19. The molecule has 0 bridgehead atoms.